The average Bonchev–Trinajstić information content (AvgIpc) is 2.37. The van der Waals surface area contributed by atoms with E-state index in [1.54, 1.807) is 36.4 Å². The lowest BCUT2D eigenvalue weighted by Gasteiger charge is -2.09. The molecule has 0 aliphatic carbocycles. The molecule has 0 unspecified atom stereocenters. The van der Waals surface area contributed by atoms with Crippen LogP contribution in [0.15, 0.2) is 51.4 Å². The van der Waals surface area contributed by atoms with E-state index in [4.69, 9.17) is 5.73 Å². The Hall–Kier alpha value is -1.66. The molecule has 0 aromatic heterocycles. The maximum Gasteiger partial charge on any atom is 0.255 e. The molecule has 0 aliphatic rings. The molecule has 2 amide bonds. The van der Waals surface area contributed by atoms with Crippen molar-refractivity contribution in [1.29, 1.82) is 0 Å². The molecule has 2 aromatic rings. The van der Waals surface area contributed by atoms with Crippen molar-refractivity contribution in [3.63, 3.8) is 0 Å². The summed E-state index contributed by atoms with van der Waals surface area (Å²) in [5, 5.41) is 2.68. The van der Waals surface area contributed by atoms with Gasteiger partial charge in [0.1, 0.15) is 0 Å². The average molecular weight is 398 g/mol. The van der Waals surface area contributed by atoms with Crippen molar-refractivity contribution in [2.75, 3.05) is 5.32 Å². The molecule has 20 heavy (non-hydrogen) atoms. The molecule has 3 N–H and O–H groups in total. The first-order chi connectivity index (χ1) is 9.47. The van der Waals surface area contributed by atoms with Crippen LogP contribution in [-0.2, 0) is 0 Å². The minimum absolute atomic E-state index is 0.273. The predicted molar refractivity (Wildman–Crippen MR) is 84.8 cm³/mol. The van der Waals surface area contributed by atoms with Crippen molar-refractivity contribution in [2.24, 2.45) is 5.73 Å². The maximum atomic E-state index is 12.2. The minimum atomic E-state index is -0.587. The number of anilines is 1. The van der Waals surface area contributed by atoms with Gasteiger partial charge in [-0.3, -0.25) is 9.59 Å². The topological polar surface area (TPSA) is 72.2 Å². The van der Waals surface area contributed by atoms with Crippen molar-refractivity contribution in [2.45, 2.75) is 0 Å². The molecular weight excluding hydrogens is 388 g/mol. The van der Waals surface area contributed by atoms with Crippen molar-refractivity contribution < 1.29 is 9.59 Å². The number of primary amides is 1. The standard InChI is InChI=1S/C14H10Br2N2O2/c15-9-5-8(6-10(16)7-9)14(20)18-12-4-2-1-3-11(12)13(17)19/h1-7H,(H2,17,19)(H,18,20). The van der Waals surface area contributed by atoms with Crippen LogP contribution in [-0.4, -0.2) is 11.8 Å². The van der Waals surface area contributed by atoms with Crippen LogP contribution in [0.5, 0.6) is 0 Å². The summed E-state index contributed by atoms with van der Waals surface area (Å²) in [6.07, 6.45) is 0. The highest BCUT2D eigenvalue weighted by atomic mass is 79.9. The fraction of sp³-hybridized carbons (Fsp3) is 0. The number of hydrogen-bond acceptors (Lipinski definition) is 2. The third-order valence-corrected chi connectivity index (χ3v) is 3.48. The lowest BCUT2D eigenvalue weighted by atomic mass is 10.1. The molecular formula is C14H10Br2N2O2. The van der Waals surface area contributed by atoms with E-state index in [1.165, 1.54) is 0 Å². The van der Waals surface area contributed by atoms with Gasteiger partial charge in [-0.15, -0.1) is 0 Å². The third kappa shape index (κ3) is 3.46. The summed E-state index contributed by atoms with van der Waals surface area (Å²) in [6.45, 7) is 0. The Bertz CT molecular complexity index is 666. The van der Waals surface area contributed by atoms with Crippen LogP contribution in [0, 0.1) is 0 Å². The van der Waals surface area contributed by atoms with Gasteiger partial charge in [-0.2, -0.15) is 0 Å². The van der Waals surface area contributed by atoms with Crippen LogP contribution in [0.1, 0.15) is 20.7 Å². The fourth-order valence-electron chi connectivity index (χ4n) is 1.69. The first kappa shape index (κ1) is 14.7. The second-order valence-corrected chi connectivity index (χ2v) is 5.85. The smallest absolute Gasteiger partial charge is 0.255 e. The second-order valence-electron chi connectivity index (χ2n) is 4.02. The van der Waals surface area contributed by atoms with E-state index in [0.717, 1.165) is 8.95 Å². The van der Waals surface area contributed by atoms with Crippen LogP contribution < -0.4 is 11.1 Å². The normalized spacial score (nSPS) is 10.1. The van der Waals surface area contributed by atoms with E-state index in [-0.39, 0.29) is 11.5 Å². The summed E-state index contributed by atoms with van der Waals surface area (Å²) in [5.41, 5.74) is 6.40. The van der Waals surface area contributed by atoms with Gasteiger partial charge in [-0.1, -0.05) is 44.0 Å². The second kappa shape index (κ2) is 6.19. The van der Waals surface area contributed by atoms with Crippen LogP contribution in [0.25, 0.3) is 0 Å². The van der Waals surface area contributed by atoms with E-state index in [1.807, 2.05) is 6.07 Å². The molecule has 4 nitrogen and oxygen atoms in total. The Kier molecular flexibility index (Phi) is 4.57. The third-order valence-electron chi connectivity index (χ3n) is 2.57. The lowest BCUT2D eigenvalue weighted by molar-refractivity contribution is 0.100. The Balaban J connectivity index is 2.30. The maximum absolute atomic E-state index is 12.2. The van der Waals surface area contributed by atoms with Crippen molar-refractivity contribution in [3.05, 3.63) is 62.5 Å². The largest absolute Gasteiger partial charge is 0.366 e. The van der Waals surface area contributed by atoms with E-state index < -0.39 is 5.91 Å². The summed E-state index contributed by atoms with van der Waals surface area (Å²) >= 11 is 6.64. The number of carbonyl (C=O) groups is 2. The summed E-state index contributed by atoms with van der Waals surface area (Å²) in [5.74, 6) is -0.906. The zero-order chi connectivity index (χ0) is 14.7. The first-order valence-corrected chi connectivity index (χ1v) is 7.22. The first-order valence-electron chi connectivity index (χ1n) is 5.63. The number of nitrogens with one attached hydrogen (secondary N) is 1. The highest BCUT2D eigenvalue weighted by molar-refractivity contribution is 9.11. The van der Waals surface area contributed by atoms with E-state index in [9.17, 15) is 9.59 Å². The zero-order valence-corrected chi connectivity index (χ0v) is 13.4. The number of hydrogen-bond donors (Lipinski definition) is 2. The molecule has 6 heteroatoms. The van der Waals surface area contributed by atoms with E-state index in [0.29, 0.717) is 11.3 Å². The van der Waals surface area contributed by atoms with Gasteiger partial charge in [0.25, 0.3) is 11.8 Å². The predicted octanol–water partition coefficient (Wildman–Crippen LogP) is 3.56. The van der Waals surface area contributed by atoms with Gasteiger partial charge in [0.2, 0.25) is 0 Å². The summed E-state index contributed by atoms with van der Waals surface area (Å²) in [7, 11) is 0. The fourth-order valence-corrected chi connectivity index (χ4v) is 2.98. The number of para-hydroxylation sites is 1. The zero-order valence-electron chi connectivity index (χ0n) is 10.2. The van der Waals surface area contributed by atoms with E-state index in [2.05, 4.69) is 37.2 Å². The monoisotopic (exact) mass is 396 g/mol. The van der Waals surface area contributed by atoms with Gasteiger partial charge >= 0.3 is 0 Å². The SMILES string of the molecule is NC(=O)c1ccccc1NC(=O)c1cc(Br)cc(Br)c1. The Morgan fingerprint density at radius 3 is 2.20 bits per heavy atom. The van der Waals surface area contributed by atoms with Crippen molar-refractivity contribution in [3.8, 4) is 0 Å². The number of carbonyl (C=O) groups excluding carboxylic acids is 2. The van der Waals surface area contributed by atoms with Gasteiger partial charge in [0.15, 0.2) is 0 Å². The molecule has 0 aliphatic heterocycles. The number of benzene rings is 2. The van der Waals surface area contributed by atoms with Crippen LogP contribution in [0.4, 0.5) is 5.69 Å². The highest BCUT2D eigenvalue weighted by Crippen LogP contribution is 2.22. The molecule has 0 spiro atoms. The molecule has 0 saturated heterocycles. The molecule has 0 atom stereocenters. The van der Waals surface area contributed by atoms with Crippen LogP contribution in [0.2, 0.25) is 0 Å². The summed E-state index contributed by atoms with van der Waals surface area (Å²) < 4.78 is 1.56. The molecule has 0 saturated carbocycles. The molecule has 0 fully saturated rings. The van der Waals surface area contributed by atoms with Crippen LogP contribution in [0.3, 0.4) is 0 Å². The molecule has 2 aromatic carbocycles. The van der Waals surface area contributed by atoms with E-state index >= 15 is 0 Å². The van der Waals surface area contributed by atoms with Gasteiger partial charge in [0, 0.05) is 14.5 Å². The number of amides is 2. The Labute approximate surface area is 132 Å². The number of nitrogens with two attached hydrogens (primary N) is 1. The van der Waals surface area contributed by atoms with Gasteiger partial charge in [0.05, 0.1) is 11.3 Å². The van der Waals surface area contributed by atoms with Gasteiger partial charge in [-0.25, -0.2) is 0 Å². The summed E-state index contributed by atoms with van der Waals surface area (Å²) in [4.78, 5) is 23.5. The van der Waals surface area contributed by atoms with Gasteiger partial charge in [-0.05, 0) is 30.3 Å². The van der Waals surface area contributed by atoms with Gasteiger partial charge < -0.3 is 11.1 Å². The van der Waals surface area contributed by atoms with Crippen molar-refractivity contribution >= 4 is 49.4 Å². The molecule has 0 bridgehead atoms. The Morgan fingerprint density at radius 2 is 1.60 bits per heavy atom. The highest BCUT2D eigenvalue weighted by Gasteiger charge is 2.12. The lowest BCUT2D eigenvalue weighted by Crippen LogP contribution is -2.18. The van der Waals surface area contributed by atoms with Crippen molar-refractivity contribution in [1.82, 2.24) is 0 Å². The number of rotatable bonds is 3. The molecule has 2 rings (SSSR count). The minimum Gasteiger partial charge on any atom is -0.366 e. The molecule has 102 valence electrons. The number of halogens is 2. The Morgan fingerprint density at radius 1 is 1.00 bits per heavy atom. The van der Waals surface area contributed by atoms with Crippen LogP contribution >= 0.6 is 31.9 Å². The quantitative estimate of drug-likeness (QED) is 0.830. The summed E-state index contributed by atoms with van der Waals surface area (Å²) in [6, 6.07) is 11.8. The molecule has 0 heterocycles. The molecule has 0 radical (unpaired) electrons.